The molecule has 0 aliphatic heterocycles. The number of carboxylic acid groups (broad SMARTS) is 1. The van der Waals surface area contributed by atoms with Crippen LogP contribution < -0.4 is 0 Å². The van der Waals surface area contributed by atoms with E-state index in [1.54, 1.807) is 12.1 Å². The van der Waals surface area contributed by atoms with Gasteiger partial charge in [-0.1, -0.05) is 66.4 Å². The highest BCUT2D eigenvalue weighted by atomic mass is 16.4. The molecule has 0 fully saturated rings. The lowest BCUT2D eigenvalue weighted by Crippen LogP contribution is -1.99. The summed E-state index contributed by atoms with van der Waals surface area (Å²) >= 11 is 0. The summed E-state index contributed by atoms with van der Waals surface area (Å²) in [6.45, 7) is 0. The highest BCUT2D eigenvalue weighted by molar-refractivity contribution is 5.96. The van der Waals surface area contributed by atoms with Gasteiger partial charge in [0.05, 0.1) is 5.56 Å². The molecular formula is C21H14O2. The highest BCUT2D eigenvalue weighted by Gasteiger charge is 2.12. The molecule has 0 atom stereocenters. The van der Waals surface area contributed by atoms with Crippen LogP contribution in [0.4, 0.5) is 0 Å². The normalized spacial score (nSPS) is 9.74. The van der Waals surface area contributed by atoms with Crippen molar-refractivity contribution in [2.45, 2.75) is 0 Å². The Morgan fingerprint density at radius 3 is 2.04 bits per heavy atom. The number of hydrogen-bond donors (Lipinski definition) is 1. The van der Waals surface area contributed by atoms with Gasteiger partial charge in [0, 0.05) is 11.1 Å². The van der Waals surface area contributed by atoms with Crippen LogP contribution in [-0.2, 0) is 0 Å². The lowest BCUT2D eigenvalue weighted by Gasteiger charge is -2.08. The Balaban J connectivity index is 2.10. The van der Waals surface area contributed by atoms with E-state index in [1.807, 2.05) is 66.7 Å². The Morgan fingerprint density at radius 1 is 0.696 bits per heavy atom. The SMILES string of the molecule is O=C(O)c1ccccc1-c1ccccc1C#Cc1ccccc1. The Morgan fingerprint density at radius 2 is 1.30 bits per heavy atom. The highest BCUT2D eigenvalue weighted by Crippen LogP contribution is 2.26. The van der Waals surface area contributed by atoms with Gasteiger partial charge >= 0.3 is 5.97 Å². The molecule has 0 bridgehead atoms. The fraction of sp³-hybridized carbons (Fsp3) is 0. The van der Waals surface area contributed by atoms with Gasteiger partial charge in [-0.15, -0.1) is 0 Å². The molecule has 110 valence electrons. The van der Waals surface area contributed by atoms with E-state index in [-0.39, 0.29) is 5.56 Å². The second-order valence-electron chi connectivity index (χ2n) is 5.01. The van der Waals surface area contributed by atoms with Gasteiger partial charge in [0.2, 0.25) is 0 Å². The molecule has 0 aromatic heterocycles. The van der Waals surface area contributed by atoms with Crippen molar-refractivity contribution in [1.82, 2.24) is 0 Å². The van der Waals surface area contributed by atoms with Crippen molar-refractivity contribution in [1.29, 1.82) is 0 Å². The molecule has 0 aliphatic carbocycles. The van der Waals surface area contributed by atoms with Gasteiger partial charge in [-0.2, -0.15) is 0 Å². The van der Waals surface area contributed by atoms with Crippen LogP contribution in [0.5, 0.6) is 0 Å². The largest absolute Gasteiger partial charge is 0.478 e. The number of rotatable bonds is 2. The molecule has 0 radical (unpaired) electrons. The maximum atomic E-state index is 11.4. The summed E-state index contributed by atoms with van der Waals surface area (Å²) in [7, 11) is 0. The minimum atomic E-state index is -0.938. The summed E-state index contributed by atoms with van der Waals surface area (Å²) in [5.74, 6) is 5.34. The van der Waals surface area contributed by atoms with Crippen LogP contribution in [0, 0.1) is 11.8 Å². The number of carboxylic acids is 1. The van der Waals surface area contributed by atoms with Crippen molar-refractivity contribution in [2.75, 3.05) is 0 Å². The zero-order valence-electron chi connectivity index (χ0n) is 12.4. The zero-order valence-corrected chi connectivity index (χ0v) is 12.4. The minimum absolute atomic E-state index is 0.279. The molecule has 0 unspecified atom stereocenters. The summed E-state index contributed by atoms with van der Waals surface area (Å²) in [5.41, 5.74) is 3.52. The van der Waals surface area contributed by atoms with Crippen molar-refractivity contribution in [3.63, 3.8) is 0 Å². The number of hydrogen-bond acceptors (Lipinski definition) is 1. The van der Waals surface area contributed by atoms with Crippen LogP contribution in [0.1, 0.15) is 21.5 Å². The molecule has 0 saturated carbocycles. The lowest BCUT2D eigenvalue weighted by molar-refractivity contribution is 0.0697. The topological polar surface area (TPSA) is 37.3 Å². The maximum absolute atomic E-state index is 11.4. The van der Waals surface area contributed by atoms with Crippen molar-refractivity contribution >= 4 is 5.97 Å². The van der Waals surface area contributed by atoms with Crippen molar-refractivity contribution in [3.05, 3.63) is 95.6 Å². The molecule has 0 heterocycles. The first kappa shape index (κ1) is 14.6. The fourth-order valence-corrected chi connectivity index (χ4v) is 2.39. The van der Waals surface area contributed by atoms with Gasteiger partial charge in [0.25, 0.3) is 0 Å². The molecule has 2 nitrogen and oxygen atoms in total. The molecule has 1 N–H and O–H groups in total. The number of aromatic carboxylic acids is 1. The Labute approximate surface area is 135 Å². The van der Waals surface area contributed by atoms with Crippen LogP contribution in [-0.4, -0.2) is 11.1 Å². The molecule has 3 aromatic rings. The predicted octanol–water partition coefficient (Wildman–Crippen LogP) is 4.45. The van der Waals surface area contributed by atoms with E-state index in [1.165, 1.54) is 0 Å². The van der Waals surface area contributed by atoms with E-state index in [4.69, 9.17) is 0 Å². The van der Waals surface area contributed by atoms with E-state index in [2.05, 4.69) is 11.8 Å². The Kier molecular flexibility index (Phi) is 4.22. The summed E-state index contributed by atoms with van der Waals surface area (Å²) in [4.78, 5) is 11.4. The summed E-state index contributed by atoms with van der Waals surface area (Å²) < 4.78 is 0. The molecule has 0 aliphatic rings. The van der Waals surface area contributed by atoms with Gasteiger partial charge < -0.3 is 5.11 Å². The maximum Gasteiger partial charge on any atom is 0.336 e. The van der Waals surface area contributed by atoms with Crippen LogP contribution in [0.2, 0.25) is 0 Å². The van der Waals surface area contributed by atoms with Crippen LogP contribution in [0.3, 0.4) is 0 Å². The summed E-state index contributed by atoms with van der Waals surface area (Å²) in [5, 5.41) is 9.39. The lowest BCUT2D eigenvalue weighted by atomic mass is 9.95. The molecule has 0 amide bonds. The standard InChI is InChI=1S/C21H14O2/c22-21(23)20-13-7-6-12-19(20)18-11-5-4-10-17(18)15-14-16-8-2-1-3-9-16/h1-13H,(H,22,23). The van der Waals surface area contributed by atoms with Crippen LogP contribution in [0.15, 0.2) is 78.9 Å². The average molecular weight is 298 g/mol. The van der Waals surface area contributed by atoms with Gasteiger partial charge in [0.15, 0.2) is 0 Å². The molecular weight excluding hydrogens is 284 g/mol. The van der Waals surface area contributed by atoms with E-state index >= 15 is 0 Å². The van der Waals surface area contributed by atoms with Gasteiger partial charge in [-0.3, -0.25) is 0 Å². The monoisotopic (exact) mass is 298 g/mol. The second-order valence-corrected chi connectivity index (χ2v) is 5.01. The average Bonchev–Trinajstić information content (AvgIpc) is 2.61. The van der Waals surface area contributed by atoms with Crippen LogP contribution in [0.25, 0.3) is 11.1 Å². The van der Waals surface area contributed by atoms with Crippen molar-refractivity contribution < 1.29 is 9.90 Å². The molecule has 0 saturated heterocycles. The third kappa shape index (κ3) is 3.30. The third-order valence-electron chi connectivity index (χ3n) is 3.49. The Bertz CT molecular complexity index is 900. The first-order valence-corrected chi connectivity index (χ1v) is 7.24. The van der Waals surface area contributed by atoms with E-state index < -0.39 is 5.97 Å². The first-order chi connectivity index (χ1) is 11.3. The molecule has 2 heteroatoms. The van der Waals surface area contributed by atoms with Crippen molar-refractivity contribution in [3.8, 4) is 23.0 Å². The number of carbonyl (C=O) groups is 1. The summed E-state index contributed by atoms with van der Waals surface area (Å²) in [6.07, 6.45) is 0. The van der Waals surface area contributed by atoms with Gasteiger partial charge in [0.1, 0.15) is 0 Å². The fourth-order valence-electron chi connectivity index (χ4n) is 2.39. The minimum Gasteiger partial charge on any atom is -0.478 e. The van der Waals surface area contributed by atoms with E-state index in [0.717, 1.165) is 16.7 Å². The Hall–Kier alpha value is -3.31. The number of benzene rings is 3. The van der Waals surface area contributed by atoms with E-state index in [9.17, 15) is 9.90 Å². The summed E-state index contributed by atoms with van der Waals surface area (Å²) in [6, 6.07) is 24.3. The predicted molar refractivity (Wildman–Crippen MR) is 91.3 cm³/mol. The van der Waals surface area contributed by atoms with Gasteiger partial charge in [-0.05, 0) is 35.4 Å². The first-order valence-electron chi connectivity index (χ1n) is 7.24. The third-order valence-corrected chi connectivity index (χ3v) is 3.49. The van der Waals surface area contributed by atoms with E-state index in [0.29, 0.717) is 5.56 Å². The molecule has 3 aromatic carbocycles. The smallest absolute Gasteiger partial charge is 0.336 e. The van der Waals surface area contributed by atoms with Crippen LogP contribution >= 0.6 is 0 Å². The molecule has 3 rings (SSSR count). The quantitative estimate of drug-likeness (QED) is 0.710. The molecule has 0 spiro atoms. The van der Waals surface area contributed by atoms with Gasteiger partial charge in [-0.25, -0.2) is 4.79 Å². The zero-order chi connectivity index (χ0) is 16.1. The molecule has 23 heavy (non-hydrogen) atoms. The van der Waals surface area contributed by atoms with Crippen molar-refractivity contribution in [2.24, 2.45) is 0 Å². The second kappa shape index (κ2) is 6.64.